The zero-order chi connectivity index (χ0) is 12.5. The van der Waals surface area contributed by atoms with Crippen LogP contribution >= 0.6 is 0 Å². The molecule has 1 rings (SSSR count). The van der Waals surface area contributed by atoms with Crippen LogP contribution in [0.25, 0.3) is 0 Å². The first-order valence-corrected chi connectivity index (χ1v) is 6.97. The van der Waals surface area contributed by atoms with Crippen molar-refractivity contribution in [2.45, 2.75) is 64.7 Å². The van der Waals surface area contributed by atoms with Crippen molar-refractivity contribution in [2.24, 2.45) is 0 Å². The van der Waals surface area contributed by atoms with Crippen LogP contribution in [-0.2, 0) is 0 Å². The Balaban J connectivity index is 2.55. The summed E-state index contributed by atoms with van der Waals surface area (Å²) < 4.78 is 0. The molecule has 0 radical (unpaired) electrons. The summed E-state index contributed by atoms with van der Waals surface area (Å²) in [5.41, 5.74) is 1.15. The van der Waals surface area contributed by atoms with Gasteiger partial charge >= 0.3 is 0 Å². The zero-order valence-corrected chi connectivity index (χ0v) is 11.2. The van der Waals surface area contributed by atoms with Gasteiger partial charge in [-0.05, 0) is 24.8 Å². The summed E-state index contributed by atoms with van der Waals surface area (Å²) in [6.07, 6.45) is 8.74. The number of pyridine rings is 1. The highest BCUT2D eigenvalue weighted by molar-refractivity contribution is 5.09. The van der Waals surface area contributed by atoms with E-state index in [0.717, 1.165) is 5.69 Å². The molecule has 0 amide bonds. The molecule has 0 aliphatic carbocycles. The van der Waals surface area contributed by atoms with Crippen molar-refractivity contribution < 1.29 is 0 Å². The second kappa shape index (κ2) is 8.10. The molecule has 2 heteroatoms. The van der Waals surface area contributed by atoms with Gasteiger partial charge in [-0.25, -0.2) is 0 Å². The fourth-order valence-electron chi connectivity index (χ4n) is 2.32. The second-order valence-corrected chi connectivity index (χ2v) is 4.81. The van der Waals surface area contributed by atoms with Gasteiger partial charge in [-0.1, -0.05) is 52.0 Å². The third-order valence-corrected chi connectivity index (χ3v) is 3.27. The standard InChI is InChI=1S/C15H25NO/c1-3-5-6-7-10-13(9-4-2)14-11-8-12-15(17)16-14/h8,11-13H,3-7,9-10H2,1-2H3,(H,16,17). The van der Waals surface area contributed by atoms with E-state index in [2.05, 4.69) is 24.9 Å². The van der Waals surface area contributed by atoms with Crippen molar-refractivity contribution in [1.29, 1.82) is 0 Å². The molecule has 0 bridgehead atoms. The van der Waals surface area contributed by atoms with Gasteiger partial charge in [0.2, 0.25) is 5.56 Å². The van der Waals surface area contributed by atoms with Crippen molar-refractivity contribution in [3.8, 4) is 0 Å². The highest BCUT2D eigenvalue weighted by Gasteiger charge is 2.10. The normalized spacial score (nSPS) is 12.6. The molecule has 0 aliphatic rings. The van der Waals surface area contributed by atoms with Crippen LogP contribution in [0.5, 0.6) is 0 Å². The molecular weight excluding hydrogens is 210 g/mol. The number of H-pyrrole nitrogens is 1. The molecule has 1 heterocycles. The number of rotatable bonds is 8. The summed E-state index contributed by atoms with van der Waals surface area (Å²) in [4.78, 5) is 14.3. The third kappa shape index (κ3) is 5.20. The van der Waals surface area contributed by atoms with Gasteiger partial charge in [-0.3, -0.25) is 4.79 Å². The monoisotopic (exact) mass is 235 g/mol. The molecule has 0 spiro atoms. The lowest BCUT2D eigenvalue weighted by molar-refractivity contribution is 0.511. The summed E-state index contributed by atoms with van der Waals surface area (Å²) in [6, 6.07) is 5.51. The first-order chi connectivity index (χ1) is 8.27. The topological polar surface area (TPSA) is 32.9 Å². The van der Waals surface area contributed by atoms with Crippen LogP contribution < -0.4 is 5.56 Å². The van der Waals surface area contributed by atoms with E-state index in [1.807, 2.05) is 6.07 Å². The molecule has 1 N–H and O–H groups in total. The van der Waals surface area contributed by atoms with Gasteiger partial charge in [0, 0.05) is 11.8 Å². The highest BCUT2D eigenvalue weighted by atomic mass is 16.1. The molecule has 0 fully saturated rings. The molecule has 2 nitrogen and oxygen atoms in total. The van der Waals surface area contributed by atoms with E-state index in [1.54, 1.807) is 6.07 Å². The van der Waals surface area contributed by atoms with Crippen molar-refractivity contribution in [3.05, 3.63) is 34.2 Å². The molecule has 0 saturated carbocycles. The second-order valence-electron chi connectivity index (χ2n) is 4.81. The summed E-state index contributed by atoms with van der Waals surface area (Å²) in [5, 5.41) is 0. The summed E-state index contributed by atoms with van der Waals surface area (Å²) in [5.74, 6) is 0.533. The molecule has 96 valence electrons. The minimum absolute atomic E-state index is 0.0251. The number of hydrogen-bond acceptors (Lipinski definition) is 1. The summed E-state index contributed by atoms with van der Waals surface area (Å²) in [6.45, 7) is 4.44. The van der Waals surface area contributed by atoms with Gasteiger partial charge in [0.15, 0.2) is 0 Å². The Morgan fingerprint density at radius 3 is 2.53 bits per heavy atom. The van der Waals surface area contributed by atoms with E-state index < -0.39 is 0 Å². The maximum Gasteiger partial charge on any atom is 0.248 e. The molecular formula is C15H25NO. The average molecular weight is 235 g/mol. The van der Waals surface area contributed by atoms with Crippen LogP contribution in [0.2, 0.25) is 0 Å². The molecule has 17 heavy (non-hydrogen) atoms. The molecule has 1 unspecified atom stereocenters. The van der Waals surface area contributed by atoms with Crippen LogP contribution in [0.4, 0.5) is 0 Å². The van der Waals surface area contributed by atoms with E-state index in [1.165, 1.54) is 44.9 Å². The molecule has 0 aliphatic heterocycles. The largest absolute Gasteiger partial charge is 0.326 e. The Labute approximate surface area is 104 Å². The lowest BCUT2D eigenvalue weighted by Gasteiger charge is -2.15. The molecule has 0 saturated heterocycles. The van der Waals surface area contributed by atoms with E-state index in [9.17, 15) is 4.79 Å². The smallest absolute Gasteiger partial charge is 0.248 e. The van der Waals surface area contributed by atoms with E-state index in [4.69, 9.17) is 0 Å². The van der Waals surface area contributed by atoms with Crippen LogP contribution in [0.3, 0.4) is 0 Å². The maximum absolute atomic E-state index is 11.3. The van der Waals surface area contributed by atoms with Crippen LogP contribution in [0, 0.1) is 0 Å². The molecule has 1 aromatic heterocycles. The van der Waals surface area contributed by atoms with Gasteiger partial charge in [-0.2, -0.15) is 0 Å². The highest BCUT2D eigenvalue weighted by Crippen LogP contribution is 2.25. The first kappa shape index (κ1) is 14.0. The van der Waals surface area contributed by atoms with Gasteiger partial charge in [0.05, 0.1) is 0 Å². The Morgan fingerprint density at radius 1 is 1.06 bits per heavy atom. The Hall–Kier alpha value is -1.05. The van der Waals surface area contributed by atoms with E-state index in [-0.39, 0.29) is 5.56 Å². The van der Waals surface area contributed by atoms with Crippen molar-refractivity contribution in [3.63, 3.8) is 0 Å². The number of aromatic amines is 1. The van der Waals surface area contributed by atoms with E-state index in [0.29, 0.717) is 5.92 Å². The SMILES string of the molecule is CCCCCCC(CCC)c1cccc(=O)[nH]1. The number of nitrogens with one attached hydrogen (secondary N) is 1. The lowest BCUT2D eigenvalue weighted by Crippen LogP contribution is -2.10. The Kier molecular flexibility index (Phi) is 6.68. The maximum atomic E-state index is 11.3. The predicted octanol–water partition coefficient (Wildman–Crippen LogP) is 4.23. The summed E-state index contributed by atoms with van der Waals surface area (Å²) in [7, 11) is 0. The molecule has 1 aromatic rings. The van der Waals surface area contributed by atoms with Gasteiger partial charge in [0.25, 0.3) is 0 Å². The Morgan fingerprint density at radius 2 is 1.88 bits per heavy atom. The molecule has 0 aromatic carbocycles. The van der Waals surface area contributed by atoms with Crippen LogP contribution in [0.15, 0.2) is 23.0 Å². The fraction of sp³-hybridized carbons (Fsp3) is 0.667. The van der Waals surface area contributed by atoms with Gasteiger partial charge < -0.3 is 4.98 Å². The van der Waals surface area contributed by atoms with Crippen LogP contribution in [0.1, 0.15) is 70.4 Å². The number of aromatic nitrogens is 1. The van der Waals surface area contributed by atoms with Crippen LogP contribution in [-0.4, -0.2) is 4.98 Å². The quantitative estimate of drug-likeness (QED) is 0.672. The van der Waals surface area contributed by atoms with Gasteiger partial charge in [0.1, 0.15) is 0 Å². The summed E-state index contributed by atoms with van der Waals surface area (Å²) >= 11 is 0. The third-order valence-electron chi connectivity index (χ3n) is 3.27. The predicted molar refractivity (Wildman–Crippen MR) is 73.5 cm³/mol. The minimum atomic E-state index is 0.0251. The van der Waals surface area contributed by atoms with E-state index >= 15 is 0 Å². The minimum Gasteiger partial charge on any atom is -0.326 e. The van der Waals surface area contributed by atoms with Gasteiger partial charge in [-0.15, -0.1) is 0 Å². The number of hydrogen-bond donors (Lipinski definition) is 1. The molecule has 1 atom stereocenters. The van der Waals surface area contributed by atoms with Crippen molar-refractivity contribution in [1.82, 2.24) is 4.98 Å². The Bertz CT molecular complexity index is 356. The lowest BCUT2D eigenvalue weighted by atomic mass is 9.93. The zero-order valence-electron chi connectivity index (χ0n) is 11.2. The van der Waals surface area contributed by atoms with Crippen molar-refractivity contribution in [2.75, 3.05) is 0 Å². The van der Waals surface area contributed by atoms with Crippen molar-refractivity contribution >= 4 is 0 Å². The first-order valence-electron chi connectivity index (χ1n) is 6.97. The number of unbranched alkanes of at least 4 members (excludes halogenated alkanes) is 3. The average Bonchev–Trinajstić information content (AvgIpc) is 2.33. The fourth-order valence-corrected chi connectivity index (χ4v) is 2.32.